The number of carboxylic acid groups (broad SMARTS) is 1. The molecule has 0 bridgehead atoms. The number of aliphatic carboxylic acids is 1. The summed E-state index contributed by atoms with van der Waals surface area (Å²) in [6.45, 7) is 7.74. The summed E-state index contributed by atoms with van der Waals surface area (Å²) in [5.74, 6) is -1.49. The highest BCUT2D eigenvalue weighted by Crippen LogP contribution is 2.36. The van der Waals surface area contributed by atoms with E-state index >= 15 is 4.39 Å². The van der Waals surface area contributed by atoms with Crippen molar-refractivity contribution < 1.29 is 19.1 Å². The number of allylic oxidation sites excluding steroid dienone is 1. The predicted molar refractivity (Wildman–Crippen MR) is 142 cm³/mol. The van der Waals surface area contributed by atoms with E-state index < -0.39 is 17.6 Å². The van der Waals surface area contributed by atoms with E-state index in [1.54, 1.807) is 17.0 Å². The van der Waals surface area contributed by atoms with Crippen molar-refractivity contribution in [3.05, 3.63) is 81.0 Å². The number of aromatic nitrogens is 1. The van der Waals surface area contributed by atoms with Crippen molar-refractivity contribution in [1.29, 1.82) is 0 Å². The molecule has 36 heavy (non-hydrogen) atoms. The normalized spacial score (nSPS) is 16.2. The number of benzene rings is 2. The molecule has 8 heteroatoms. The summed E-state index contributed by atoms with van der Waals surface area (Å²) in [4.78, 5) is 26.1. The Hall–Kier alpha value is -2.83. The second kappa shape index (κ2) is 9.91. The first-order valence-electron chi connectivity index (χ1n) is 11.9. The molecule has 3 aromatic rings. The first-order chi connectivity index (χ1) is 16.9. The Morgan fingerprint density at radius 2 is 1.89 bits per heavy atom. The van der Waals surface area contributed by atoms with Crippen molar-refractivity contribution in [2.45, 2.75) is 38.8 Å². The number of fused-ring (bicyclic) bond motifs is 1. The van der Waals surface area contributed by atoms with Crippen LogP contribution in [0.3, 0.4) is 0 Å². The van der Waals surface area contributed by atoms with E-state index in [1.807, 2.05) is 36.7 Å². The van der Waals surface area contributed by atoms with E-state index in [0.717, 1.165) is 22.2 Å². The van der Waals surface area contributed by atoms with Crippen molar-refractivity contribution in [3.8, 4) is 0 Å². The van der Waals surface area contributed by atoms with Crippen LogP contribution in [0, 0.1) is 12.8 Å². The quantitative estimate of drug-likeness (QED) is 0.361. The van der Waals surface area contributed by atoms with Gasteiger partial charge in [0.2, 0.25) is 0 Å². The largest absolute Gasteiger partial charge is 0.481 e. The molecule has 1 aromatic heterocycles. The van der Waals surface area contributed by atoms with Crippen molar-refractivity contribution in [2.75, 3.05) is 13.1 Å². The Bertz CT molecular complexity index is 1370. The van der Waals surface area contributed by atoms with Crippen molar-refractivity contribution in [1.82, 2.24) is 9.47 Å². The van der Waals surface area contributed by atoms with E-state index in [4.69, 9.17) is 23.2 Å². The highest BCUT2D eigenvalue weighted by molar-refractivity contribution is 6.38. The fourth-order valence-corrected chi connectivity index (χ4v) is 5.55. The van der Waals surface area contributed by atoms with E-state index in [2.05, 4.69) is 6.58 Å². The zero-order valence-electron chi connectivity index (χ0n) is 20.6. The van der Waals surface area contributed by atoms with Crippen LogP contribution in [0.2, 0.25) is 10.0 Å². The number of likely N-dealkylation sites (tertiary alicyclic amines) is 1. The second-order valence-electron chi connectivity index (χ2n) is 9.67. The number of aryl methyl sites for hydroxylation is 2. The van der Waals surface area contributed by atoms with Crippen LogP contribution < -0.4 is 0 Å². The van der Waals surface area contributed by atoms with Crippen LogP contribution in [-0.4, -0.2) is 39.5 Å². The van der Waals surface area contributed by atoms with Gasteiger partial charge in [-0.15, -0.1) is 0 Å². The predicted octanol–water partition coefficient (Wildman–Crippen LogP) is 6.69. The number of piperidine rings is 1. The number of hydrogen-bond donors (Lipinski definition) is 1. The summed E-state index contributed by atoms with van der Waals surface area (Å²) >= 11 is 13.3. The molecule has 2 heterocycles. The number of nitrogens with zero attached hydrogens (tertiary/aromatic N) is 2. The molecule has 0 aliphatic carbocycles. The summed E-state index contributed by atoms with van der Waals surface area (Å²) < 4.78 is 17.0. The van der Waals surface area contributed by atoms with Crippen LogP contribution in [-0.2, 0) is 23.9 Å². The third-order valence-corrected chi connectivity index (χ3v) is 8.09. The van der Waals surface area contributed by atoms with Gasteiger partial charge in [-0.25, -0.2) is 4.39 Å². The number of carbonyl (C=O) groups excluding carboxylic acids is 1. The maximum Gasteiger partial charge on any atom is 0.306 e. The molecule has 1 amide bonds. The molecule has 4 rings (SSSR count). The molecular weight excluding hydrogens is 502 g/mol. The number of carboxylic acids is 1. The monoisotopic (exact) mass is 530 g/mol. The summed E-state index contributed by atoms with van der Waals surface area (Å²) in [6, 6.07) is 9.12. The van der Waals surface area contributed by atoms with Gasteiger partial charge >= 0.3 is 5.97 Å². The number of hydrogen-bond acceptors (Lipinski definition) is 2. The highest BCUT2D eigenvalue weighted by Gasteiger charge is 2.29. The lowest BCUT2D eigenvalue weighted by Gasteiger charge is -2.30. The summed E-state index contributed by atoms with van der Waals surface area (Å²) in [5, 5.41) is 10.9. The smallest absolute Gasteiger partial charge is 0.306 e. The molecule has 1 aliphatic rings. The Morgan fingerprint density at radius 1 is 1.22 bits per heavy atom. The van der Waals surface area contributed by atoms with Gasteiger partial charge in [0, 0.05) is 48.2 Å². The number of halogens is 3. The fraction of sp³-hybridized carbons (Fsp3) is 0.357. The number of rotatable bonds is 6. The topological polar surface area (TPSA) is 62.5 Å². The van der Waals surface area contributed by atoms with Gasteiger partial charge in [0.05, 0.1) is 16.5 Å². The van der Waals surface area contributed by atoms with E-state index in [9.17, 15) is 14.7 Å². The molecule has 1 fully saturated rings. The molecule has 1 saturated heterocycles. The van der Waals surface area contributed by atoms with Crippen molar-refractivity contribution in [2.24, 2.45) is 13.0 Å². The van der Waals surface area contributed by atoms with Gasteiger partial charge in [-0.05, 0) is 73.7 Å². The molecule has 1 aliphatic heterocycles. The Morgan fingerprint density at radius 3 is 2.50 bits per heavy atom. The molecule has 1 N–H and O–H groups in total. The third-order valence-electron chi connectivity index (χ3n) is 7.30. The third kappa shape index (κ3) is 4.76. The Labute approximate surface area is 220 Å². The molecule has 190 valence electrons. The Balaban J connectivity index is 1.66. The van der Waals surface area contributed by atoms with Crippen LogP contribution in [0.1, 0.15) is 52.5 Å². The van der Waals surface area contributed by atoms with Gasteiger partial charge < -0.3 is 14.6 Å². The fourth-order valence-electron chi connectivity index (χ4n) is 4.97. The lowest BCUT2D eigenvalue weighted by Crippen LogP contribution is -2.40. The first-order valence-corrected chi connectivity index (χ1v) is 12.6. The van der Waals surface area contributed by atoms with Crippen molar-refractivity contribution in [3.63, 3.8) is 0 Å². The standard InChI is InChI=1S/C28H29Cl2FN2O3/c1-5-28(3,31)22-15-24-18(12-16(22)2)13-19(32(24)4)14-21-23(29)7-6-20(25(21)30)26(34)33-10-8-17(9-11-33)27(35)36/h5-7,12-13,15,17H,1,8-11,14H2,2-4H3,(H,35,36). The molecule has 1 atom stereocenters. The van der Waals surface area contributed by atoms with Gasteiger partial charge in [-0.1, -0.05) is 35.9 Å². The number of carbonyl (C=O) groups is 2. The van der Waals surface area contributed by atoms with Crippen LogP contribution >= 0.6 is 23.2 Å². The van der Waals surface area contributed by atoms with Crippen LogP contribution in [0.25, 0.3) is 10.9 Å². The Kier molecular flexibility index (Phi) is 7.22. The number of alkyl halides is 1. The number of amides is 1. The first kappa shape index (κ1) is 26.2. The van der Waals surface area contributed by atoms with Crippen molar-refractivity contribution >= 4 is 46.0 Å². The van der Waals surface area contributed by atoms with Crippen LogP contribution in [0.15, 0.2) is 43.0 Å². The SMILES string of the molecule is C=CC(C)(F)c1cc2c(cc1C)cc(Cc1c(Cl)ccc(C(=O)N3CCC(C(=O)O)CC3)c1Cl)n2C. The molecule has 2 aromatic carbocycles. The second-order valence-corrected chi connectivity index (χ2v) is 10.5. The van der Waals surface area contributed by atoms with E-state index in [0.29, 0.717) is 54.1 Å². The van der Waals surface area contributed by atoms with E-state index in [1.165, 1.54) is 13.0 Å². The van der Waals surface area contributed by atoms with E-state index in [-0.39, 0.29) is 10.9 Å². The minimum atomic E-state index is -1.65. The maximum absolute atomic E-state index is 15.0. The average molecular weight is 531 g/mol. The zero-order chi connectivity index (χ0) is 26.4. The van der Waals surface area contributed by atoms with Gasteiger partial charge in [0.15, 0.2) is 5.67 Å². The summed E-state index contributed by atoms with van der Waals surface area (Å²) in [7, 11) is 1.91. The molecule has 5 nitrogen and oxygen atoms in total. The minimum Gasteiger partial charge on any atom is -0.481 e. The zero-order valence-corrected chi connectivity index (χ0v) is 22.1. The molecule has 1 unspecified atom stereocenters. The summed E-state index contributed by atoms with van der Waals surface area (Å²) in [6.07, 6.45) is 2.52. The summed E-state index contributed by atoms with van der Waals surface area (Å²) in [5.41, 5.74) is 2.51. The molecule has 0 spiro atoms. The maximum atomic E-state index is 15.0. The molecule has 0 radical (unpaired) electrons. The van der Waals surface area contributed by atoms with Gasteiger partial charge in [0.1, 0.15) is 0 Å². The van der Waals surface area contributed by atoms with Gasteiger partial charge in [-0.3, -0.25) is 9.59 Å². The molecule has 0 saturated carbocycles. The lowest BCUT2D eigenvalue weighted by molar-refractivity contribution is -0.143. The highest BCUT2D eigenvalue weighted by atomic mass is 35.5. The van der Waals surface area contributed by atoms with Crippen LogP contribution in [0.5, 0.6) is 0 Å². The van der Waals surface area contributed by atoms with Gasteiger partial charge in [-0.2, -0.15) is 0 Å². The average Bonchev–Trinajstić information content (AvgIpc) is 3.14. The minimum absolute atomic E-state index is 0.231. The molecular formula is C28H29Cl2FN2O3. The van der Waals surface area contributed by atoms with Crippen LogP contribution in [0.4, 0.5) is 4.39 Å². The van der Waals surface area contributed by atoms with Gasteiger partial charge in [0.25, 0.3) is 5.91 Å². The lowest BCUT2D eigenvalue weighted by atomic mass is 9.92.